The lowest BCUT2D eigenvalue weighted by atomic mass is 9.96. The van der Waals surface area contributed by atoms with Crippen LogP contribution in [-0.2, 0) is 9.84 Å². The molecule has 0 radical (unpaired) electrons. The molecule has 0 spiro atoms. The lowest BCUT2D eigenvalue weighted by molar-refractivity contribution is 0.183. The van der Waals surface area contributed by atoms with E-state index in [1.54, 1.807) is 0 Å². The van der Waals surface area contributed by atoms with Crippen LogP contribution in [0.2, 0.25) is 5.02 Å². The van der Waals surface area contributed by atoms with E-state index in [0.29, 0.717) is 18.1 Å². The summed E-state index contributed by atoms with van der Waals surface area (Å²) in [6.07, 6.45) is 0.819. The van der Waals surface area contributed by atoms with Crippen molar-refractivity contribution >= 4 is 21.4 Å². The van der Waals surface area contributed by atoms with Crippen molar-refractivity contribution in [2.24, 2.45) is 5.73 Å². The monoisotopic (exact) mass is 316 g/mol. The summed E-state index contributed by atoms with van der Waals surface area (Å²) in [7, 11) is -2.89. The normalized spacial score (nSPS) is 22.4. The Bertz CT molecular complexity index is 548. The highest BCUT2D eigenvalue weighted by Crippen LogP contribution is 2.31. The zero-order valence-corrected chi connectivity index (χ0v) is 13.2. The van der Waals surface area contributed by atoms with E-state index in [0.717, 1.165) is 12.0 Å². The van der Waals surface area contributed by atoms with E-state index in [1.165, 1.54) is 0 Å². The van der Waals surface area contributed by atoms with Gasteiger partial charge in [0.1, 0.15) is 0 Å². The van der Waals surface area contributed by atoms with Crippen LogP contribution in [0.1, 0.15) is 24.9 Å². The van der Waals surface area contributed by atoms with E-state index in [-0.39, 0.29) is 23.6 Å². The maximum atomic E-state index is 11.6. The molecule has 6 heteroatoms. The Kier molecular flexibility index (Phi) is 5.07. The predicted octanol–water partition coefficient (Wildman–Crippen LogP) is 1.85. The molecule has 1 fully saturated rings. The number of halogens is 1. The molecule has 1 heterocycles. The van der Waals surface area contributed by atoms with Gasteiger partial charge in [-0.2, -0.15) is 0 Å². The van der Waals surface area contributed by atoms with Gasteiger partial charge < -0.3 is 5.73 Å². The Morgan fingerprint density at radius 2 is 1.90 bits per heavy atom. The van der Waals surface area contributed by atoms with Crippen LogP contribution >= 0.6 is 11.6 Å². The number of nitrogens with zero attached hydrogens (tertiary/aromatic N) is 1. The molecular weight excluding hydrogens is 296 g/mol. The van der Waals surface area contributed by atoms with Crippen molar-refractivity contribution in [2.45, 2.75) is 25.4 Å². The van der Waals surface area contributed by atoms with Crippen molar-refractivity contribution in [3.05, 3.63) is 34.9 Å². The Labute approximate surface area is 125 Å². The third-order valence-corrected chi connectivity index (χ3v) is 5.83. The van der Waals surface area contributed by atoms with Gasteiger partial charge in [-0.05, 0) is 18.1 Å². The highest BCUT2D eigenvalue weighted by Gasteiger charge is 2.31. The molecule has 2 atom stereocenters. The van der Waals surface area contributed by atoms with Crippen molar-refractivity contribution in [3.8, 4) is 0 Å². The lowest BCUT2D eigenvalue weighted by Crippen LogP contribution is -2.48. The van der Waals surface area contributed by atoms with Gasteiger partial charge in [-0.3, -0.25) is 4.90 Å². The van der Waals surface area contributed by atoms with E-state index in [9.17, 15) is 8.42 Å². The molecule has 1 aliphatic rings. The molecule has 4 nitrogen and oxygen atoms in total. The number of hydrogen-bond acceptors (Lipinski definition) is 4. The largest absolute Gasteiger partial charge is 0.326 e. The van der Waals surface area contributed by atoms with Gasteiger partial charge >= 0.3 is 0 Å². The average molecular weight is 317 g/mol. The van der Waals surface area contributed by atoms with Crippen LogP contribution in [-0.4, -0.2) is 44.0 Å². The molecule has 112 valence electrons. The van der Waals surface area contributed by atoms with E-state index in [4.69, 9.17) is 17.3 Å². The van der Waals surface area contributed by atoms with Gasteiger partial charge in [-0.1, -0.05) is 36.7 Å². The standard InChI is InChI=1S/C14H21ClN2O2S/c1-2-13(16)14(11-5-3-4-6-12(11)15)17-7-9-20(18,19)10-8-17/h3-6,13-14H,2,7-10,16H2,1H3. The second-order valence-corrected chi connectivity index (χ2v) is 7.94. The first-order valence-electron chi connectivity index (χ1n) is 6.89. The summed E-state index contributed by atoms with van der Waals surface area (Å²) in [4.78, 5) is 2.15. The Balaban J connectivity index is 2.28. The quantitative estimate of drug-likeness (QED) is 0.920. The van der Waals surface area contributed by atoms with Crippen molar-refractivity contribution in [3.63, 3.8) is 0 Å². The van der Waals surface area contributed by atoms with Gasteiger partial charge in [0, 0.05) is 24.2 Å². The maximum absolute atomic E-state index is 11.6. The van der Waals surface area contributed by atoms with Gasteiger partial charge in [0.05, 0.1) is 17.5 Å². The van der Waals surface area contributed by atoms with Crippen molar-refractivity contribution < 1.29 is 8.42 Å². The molecule has 1 saturated heterocycles. The molecule has 2 rings (SSSR count). The van der Waals surface area contributed by atoms with Gasteiger partial charge in [0.15, 0.2) is 9.84 Å². The Morgan fingerprint density at radius 3 is 2.45 bits per heavy atom. The van der Waals surface area contributed by atoms with Gasteiger partial charge in [-0.25, -0.2) is 8.42 Å². The van der Waals surface area contributed by atoms with Crippen LogP contribution in [0.25, 0.3) is 0 Å². The predicted molar refractivity (Wildman–Crippen MR) is 82.7 cm³/mol. The number of rotatable bonds is 4. The minimum absolute atomic E-state index is 0.0239. The molecule has 0 bridgehead atoms. The first-order chi connectivity index (χ1) is 9.44. The van der Waals surface area contributed by atoms with E-state index in [2.05, 4.69) is 4.90 Å². The smallest absolute Gasteiger partial charge is 0.152 e. The number of benzene rings is 1. The van der Waals surface area contributed by atoms with E-state index >= 15 is 0 Å². The van der Waals surface area contributed by atoms with Gasteiger partial charge in [0.2, 0.25) is 0 Å². The molecule has 0 aromatic heterocycles. The third kappa shape index (κ3) is 3.52. The molecular formula is C14H21ClN2O2S. The fourth-order valence-electron chi connectivity index (χ4n) is 2.64. The van der Waals surface area contributed by atoms with Gasteiger partial charge in [-0.15, -0.1) is 0 Å². The summed E-state index contributed by atoms with van der Waals surface area (Å²) in [5, 5.41) is 0.690. The second-order valence-electron chi connectivity index (χ2n) is 5.23. The molecule has 20 heavy (non-hydrogen) atoms. The molecule has 0 saturated carbocycles. The molecule has 2 unspecified atom stereocenters. The zero-order chi connectivity index (χ0) is 14.8. The van der Waals surface area contributed by atoms with Crippen molar-refractivity contribution in [1.82, 2.24) is 4.90 Å². The summed E-state index contributed by atoms with van der Waals surface area (Å²) in [6.45, 7) is 3.08. The van der Waals surface area contributed by atoms with Crippen LogP contribution in [0.15, 0.2) is 24.3 Å². The fourth-order valence-corrected chi connectivity index (χ4v) is 4.12. The van der Waals surface area contributed by atoms with Crippen LogP contribution < -0.4 is 5.73 Å². The maximum Gasteiger partial charge on any atom is 0.152 e. The van der Waals surface area contributed by atoms with Crippen LogP contribution in [0.3, 0.4) is 0 Å². The number of nitrogens with two attached hydrogens (primary N) is 1. The highest BCUT2D eigenvalue weighted by molar-refractivity contribution is 7.91. The summed E-state index contributed by atoms with van der Waals surface area (Å²) >= 11 is 6.29. The molecule has 0 aliphatic carbocycles. The molecule has 1 aromatic carbocycles. The lowest BCUT2D eigenvalue weighted by Gasteiger charge is -2.38. The summed E-state index contributed by atoms with van der Waals surface area (Å²) in [6, 6.07) is 7.58. The van der Waals surface area contributed by atoms with Gasteiger partial charge in [0.25, 0.3) is 0 Å². The summed E-state index contributed by atoms with van der Waals surface area (Å²) in [5.41, 5.74) is 7.26. The van der Waals surface area contributed by atoms with Crippen LogP contribution in [0.5, 0.6) is 0 Å². The second kappa shape index (κ2) is 6.43. The minimum atomic E-state index is -2.89. The summed E-state index contributed by atoms with van der Waals surface area (Å²) in [5.74, 6) is 0.398. The van der Waals surface area contributed by atoms with Crippen LogP contribution in [0.4, 0.5) is 0 Å². The first kappa shape index (κ1) is 15.8. The van der Waals surface area contributed by atoms with E-state index in [1.807, 2.05) is 31.2 Å². The SMILES string of the molecule is CCC(N)C(c1ccccc1Cl)N1CCS(=O)(=O)CC1. The fraction of sp³-hybridized carbons (Fsp3) is 0.571. The highest BCUT2D eigenvalue weighted by atomic mass is 35.5. The molecule has 1 aliphatic heterocycles. The molecule has 0 amide bonds. The van der Waals surface area contributed by atoms with E-state index < -0.39 is 9.84 Å². The topological polar surface area (TPSA) is 63.4 Å². The Hall–Kier alpha value is -0.620. The molecule has 1 aromatic rings. The molecule has 2 N–H and O–H groups in total. The zero-order valence-electron chi connectivity index (χ0n) is 11.6. The van der Waals surface area contributed by atoms with Crippen LogP contribution in [0, 0.1) is 0 Å². The average Bonchev–Trinajstić information content (AvgIpc) is 2.42. The first-order valence-corrected chi connectivity index (χ1v) is 9.09. The Morgan fingerprint density at radius 1 is 1.30 bits per heavy atom. The third-order valence-electron chi connectivity index (χ3n) is 3.87. The van der Waals surface area contributed by atoms with Crippen molar-refractivity contribution in [1.29, 1.82) is 0 Å². The summed E-state index contributed by atoms with van der Waals surface area (Å²) < 4.78 is 23.2. The van der Waals surface area contributed by atoms with Crippen molar-refractivity contribution in [2.75, 3.05) is 24.6 Å². The minimum Gasteiger partial charge on any atom is -0.326 e. The number of hydrogen-bond donors (Lipinski definition) is 1. The number of sulfone groups is 1.